The Morgan fingerprint density at radius 3 is 2.35 bits per heavy atom. The Morgan fingerprint density at radius 2 is 1.88 bits per heavy atom. The minimum Gasteiger partial charge on any atom is -0.469 e. The lowest BCUT2D eigenvalue weighted by Gasteiger charge is -2.04. The van der Waals surface area contributed by atoms with Crippen LogP contribution in [0.25, 0.3) is 0 Å². The summed E-state index contributed by atoms with van der Waals surface area (Å²) in [4.78, 5) is 11.1. The molecule has 0 bridgehead atoms. The molecule has 0 spiro atoms. The quantitative estimate of drug-likeness (QED) is 0.788. The third-order valence-electron chi connectivity index (χ3n) is 2.35. The van der Waals surface area contributed by atoms with E-state index in [1.807, 2.05) is 0 Å². The van der Waals surface area contributed by atoms with E-state index in [1.165, 1.54) is 26.3 Å². The van der Waals surface area contributed by atoms with E-state index in [2.05, 4.69) is 9.46 Å². The molecule has 5 nitrogen and oxygen atoms in total. The zero-order valence-corrected chi connectivity index (χ0v) is 10.6. The van der Waals surface area contributed by atoms with Crippen molar-refractivity contribution in [2.75, 3.05) is 14.2 Å². The Kier molecular flexibility index (Phi) is 4.65. The molecule has 17 heavy (non-hydrogen) atoms. The second kappa shape index (κ2) is 5.79. The highest BCUT2D eigenvalue weighted by molar-refractivity contribution is 7.89. The summed E-state index contributed by atoms with van der Waals surface area (Å²) in [6.07, 6.45) is 0.821. The fraction of sp³-hybridized carbons (Fsp3) is 0.364. The van der Waals surface area contributed by atoms with E-state index in [9.17, 15) is 13.2 Å². The molecule has 1 aromatic rings. The maximum absolute atomic E-state index is 11.4. The summed E-state index contributed by atoms with van der Waals surface area (Å²) in [5.74, 6) is -0.281. The Labute approximate surface area is 101 Å². The van der Waals surface area contributed by atoms with Gasteiger partial charge in [-0.3, -0.25) is 4.79 Å². The topological polar surface area (TPSA) is 72.5 Å². The van der Waals surface area contributed by atoms with Gasteiger partial charge < -0.3 is 4.74 Å². The summed E-state index contributed by atoms with van der Waals surface area (Å²) in [6.45, 7) is 0. The highest BCUT2D eigenvalue weighted by Gasteiger charge is 2.10. The zero-order valence-electron chi connectivity index (χ0n) is 9.76. The second-order valence-electron chi connectivity index (χ2n) is 3.43. The first-order valence-corrected chi connectivity index (χ1v) is 6.57. The van der Waals surface area contributed by atoms with Crippen molar-refractivity contribution in [3.63, 3.8) is 0 Å². The van der Waals surface area contributed by atoms with Gasteiger partial charge in [-0.15, -0.1) is 0 Å². The van der Waals surface area contributed by atoms with Crippen LogP contribution >= 0.6 is 0 Å². The van der Waals surface area contributed by atoms with Crippen molar-refractivity contribution >= 4 is 16.0 Å². The third kappa shape index (κ3) is 3.83. The number of aryl methyl sites for hydroxylation is 1. The summed E-state index contributed by atoms with van der Waals surface area (Å²) in [5.41, 5.74) is 0.894. The van der Waals surface area contributed by atoms with Gasteiger partial charge in [0.05, 0.1) is 12.0 Å². The monoisotopic (exact) mass is 257 g/mol. The van der Waals surface area contributed by atoms with Gasteiger partial charge >= 0.3 is 5.97 Å². The number of methoxy groups -OCH3 is 1. The average Bonchev–Trinajstić information content (AvgIpc) is 2.36. The van der Waals surface area contributed by atoms with Gasteiger partial charge in [0, 0.05) is 6.42 Å². The van der Waals surface area contributed by atoms with Crippen LogP contribution < -0.4 is 4.72 Å². The normalized spacial score (nSPS) is 11.2. The van der Waals surface area contributed by atoms with Gasteiger partial charge in [-0.25, -0.2) is 13.1 Å². The minimum atomic E-state index is -3.39. The molecule has 94 valence electrons. The number of hydrogen-bond donors (Lipinski definition) is 1. The molecule has 0 aromatic heterocycles. The molecular weight excluding hydrogens is 242 g/mol. The second-order valence-corrected chi connectivity index (χ2v) is 5.31. The number of sulfonamides is 1. The van der Waals surface area contributed by atoms with Crippen LogP contribution in [0.15, 0.2) is 29.2 Å². The number of rotatable bonds is 5. The van der Waals surface area contributed by atoms with Gasteiger partial charge in [0.25, 0.3) is 0 Å². The largest absolute Gasteiger partial charge is 0.469 e. The van der Waals surface area contributed by atoms with Gasteiger partial charge in [-0.1, -0.05) is 12.1 Å². The fourth-order valence-corrected chi connectivity index (χ4v) is 2.03. The van der Waals surface area contributed by atoms with E-state index in [0.29, 0.717) is 6.42 Å². The number of benzene rings is 1. The summed E-state index contributed by atoms with van der Waals surface area (Å²) in [5, 5.41) is 0. The van der Waals surface area contributed by atoms with Crippen molar-refractivity contribution in [2.45, 2.75) is 17.7 Å². The fourth-order valence-electron chi connectivity index (χ4n) is 1.30. The molecule has 0 atom stereocenters. The van der Waals surface area contributed by atoms with Gasteiger partial charge in [0.2, 0.25) is 10.0 Å². The van der Waals surface area contributed by atoms with Crippen molar-refractivity contribution in [1.82, 2.24) is 4.72 Å². The molecule has 0 amide bonds. The zero-order chi connectivity index (χ0) is 12.9. The van der Waals surface area contributed by atoms with Gasteiger partial charge in [-0.05, 0) is 31.2 Å². The number of nitrogens with one attached hydrogen (secondary N) is 1. The molecule has 0 aliphatic heterocycles. The van der Waals surface area contributed by atoms with Crippen LogP contribution in [-0.2, 0) is 26.0 Å². The maximum atomic E-state index is 11.4. The molecule has 0 aliphatic carbocycles. The molecule has 0 aliphatic rings. The van der Waals surface area contributed by atoms with Crippen LogP contribution in [0, 0.1) is 0 Å². The summed E-state index contributed by atoms with van der Waals surface area (Å²) >= 11 is 0. The average molecular weight is 257 g/mol. The van der Waals surface area contributed by atoms with Crippen molar-refractivity contribution in [1.29, 1.82) is 0 Å². The molecule has 0 heterocycles. The highest BCUT2D eigenvalue weighted by Crippen LogP contribution is 2.11. The van der Waals surface area contributed by atoms with E-state index in [0.717, 1.165) is 5.56 Å². The number of carbonyl (C=O) groups is 1. The first kappa shape index (κ1) is 13.7. The Balaban J connectivity index is 2.72. The van der Waals surface area contributed by atoms with Crippen LogP contribution in [0.1, 0.15) is 12.0 Å². The lowest BCUT2D eigenvalue weighted by atomic mass is 10.1. The van der Waals surface area contributed by atoms with Gasteiger partial charge in [-0.2, -0.15) is 0 Å². The maximum Gasteiger partial charge on any atom is 0.305 e. The Bertz CT molecular complexity index is 479. The third-order valence-corrected chi connectivity index (χ3v) is 3.78. The number of hydrogen-bond acceptors (Lipinski definition) is 4. The number of esters is 1. The number of ether oxygens (including phenoxy) is 1. The van der Waals surface area contributed by atoms with Crippen LogP contribution in [0.3, 0.4) is 0 Å². The Hall–Kier alpha value is -1.40. The summed E-state index contributed by atoms with van der Waals surface area (Å²) in [7, 11) is -0.693. The molecule has 0 saturated heterocycles. The SMILES string of the molecule is CNS(=O)(=O)c1ccc(CCC(=O)OC)cc1. The standard InChI is InChI=1S/C11H15NO4S/c1-12-17(14,15)10-6-3-9(4-7-10)5-8-11(13)16-2/h3-4,6-7,12H,5,8H2,1-2H3. The van der Waals surface area contributed by atoms with Crippen LogP contribution in [-0.4, -0.2) is 28.5 Å². The predicted molar refractivity (Wildman–Crippen MR) is 63.0 cm³/mol. The van der Waals surface area contributed by atoms with Crippen LogP contribution in [0.2, 0.25) is 0 Å². The first-order valence-electron chi connectivity index (χ1n) is 5.09. The smallest absolute Gasteiger partial charge is 0.305 e. The molecule has 0 saturated carbocycles. The van der Waals surface area contributed by atoms with Crippen molar-refractivity contribution in [2.24, 2.45) is 0 Å². The van der Waals surface area contributed by atoms with Crippen molar-refractivity contribution < 1.29 is 17.9 Å². The van der Waals surface area contributed by atoms with Crippen LogP contribution in [0.4, 0.5) is 0 Å². The molecule has 0 fully saturated rings. The van der Waals surface area contributed by atoms with E-state index in [1.54, 1.807) is 12.1 Å². The molecule has 0 radical (unpaired) electrons. The molecular formula is C11H15NO4S. The molecule has 1 aromatic carbocycles. The van der Waals surface area contributed by atoms with Crippen LogP contribution in [0.5, 0.6) is 0 Å². The highest BCUT2D eigenvalue weighted by atomic mass is 32.2. The molecule has 0 unspecified atom stereocenters. The van der Waals surface area contributed by atoms with E-state index >= 15 is 0 Å². The van der Waals surface area contributed by atoms with Gasteiger partial charge in [0.15, 0.2) is 0 Å². The van der Waals surface area contributed by atoms with E-state index in [-0.39, 0.29) is 17.3 Å². The summed E-state index contributed by atoms with van der Waals surface area (Å²) < 4.78 is 29.6. The van der Waals surface area contributed by atoms with Gasteiger partial charge in [0.1, 0.15) is 0 Å². The van der Waals surface area contributed by atoms with Crippen molar-refractivity contribution in [3.05, 3.63) is 29.8 Å². The predicted octanol–water partition coefficient (Wildman–Crippen LogP) is 0.700. The Morgan fingerprint density at radius 1 is 1.29 bits per heavy atom. The van der Waals surface area contributed by atoms with E-state index in [4.69, 9.17) is 0 Å². The number of carbonyl (C=O) groups excluding carboxylic acids is 1. The lowest BCUT2D eigenvalue weighted by Crippen LogP contribution is -2.18. The summed E-state index contributed by atoms with van der Waals surface area (Å²) in [6, 6.07) is 6.40. The molecule has 6 heteroatoms. The van der Waals surface area contributed by atoms with Crippen molar-refractivity contribution in [3.8, 4) is 0 Å². The minimum absolute atomic E-state index is 0.210. The molecule has 1 N–H and O–H groups in total. The van der Waals surface area contributed by atoms with E-state index < -0.39 is 10.0 Å². The lowest BCUT2D eigenvalue weighted by molar-refractivity contribution is -0.140. The first-order chi connectivity index (χ1) is 7.99. The molecule has 1 rings (SSSR count).